The molecule has 0 bridgehead atoms. The van der Waals surface area contributed by atoms with Crippen LogP contribution in [-0.4, -0.2) is 41.6 Å². The number of carbonyl (C=O) groups excluding carboxylic acids is 1. The first kappa shape index (κ1) is 16.8. The molecular weight excluding hydrogens is 256 g/mol. The lowest BCUT2D eigenvalue weighted by atomic mass is 9.99. The van der Waals surface area contributed by atoms with E-state index in [1.807, 2.05) is 0 Å². The number of carboxylic acids is 1. The summed E-state index contributed by atoms with van der Waals surface area (Å²) >= 11 is 0. The smallest absolute Gasteiger partial charge is 0.323 e. The van der Waals surface area contributed by atoms with Crippen LogP contribution in [0.4, 0.5) is 4.79 Å². The second-order valence-corrected chi connectivity index (χ2v) is 5.82. The van der Waals surface area contributed by atoms with Gasteiger partial charge in [-0.3, -0.25) is 4.79 Å². The molecule has 0 aromatic heterocycles. The van der Waals surface area contributed by atoms with Crippen LogP contribution < -0.4 is 5.32 Å². The molecule has 0 radical (unpaired) electrons. The molecule has 0 saturated heterocycles. The van der Waals surface area contributed by atoms with Crippen molar-refractivity contribution >= 4 is 12.0 Å². The molecule has 5 heteroatoms. The zero-order valence-corrected chi connectivity index (χ0v) is 12.7. The Morgan fingerprint density at radius 3 is 2.55 bits per heavy atom. The molecule has 0 spiro atoms. The Bertz CT molecular complexity index is 316. The van der Waals surface area contributed by atoms with Crippen LogP contribution in [0.15, 0.2) is 0 Å². The van der Waals surface area contributed by atoms with Crippen molar-refractivity contribution in [1.29, 1.82) is 0 Å². The first-order valence-electron chi connectivity index (χ1n) is 7.81. The SMILES string of the molecule is CCCCC(CC)CNC(=O)N(CC(=O)O)CC1CC1. The molecule has 1 aliphatic carbocycles. The van der Waals surface area contributed by atoms with Crippen LogP contribution in [0.5, 0.6) is 0 Å². The fourth-order valence-corrected chi connectivity index (χ4v) is 2.28. The van der Waals surface area contributed by atoms with E-state index in [1.165, 1.54) is 11.3 Å². The Morgan fingerprint density at radius 1 is 1.35 bits per heavy atom. The van der Waals surface area contributed by atoms with Crippen molar-refractivity contribution in [2.45, 2.75) is 52.4 Å². The number of aliphatic carboxylic acids is 1. The van der Waals surface area contributed by atoms with Crippen LogP contribution in [0.3, 0.4) is 0 Å². The highest BCUT2D eigenvalue weighted by Crippen LogP contribution is 2.29. The van der Waals surface area contributed by atoms with E-state index in [-0.39, 0.29) is 12.6 Å². The highest BCUT2D eigenvalue weighted by Gasteiger charge is 2.28. The summed E-state index contributed by atoms with van der Waals surface area (Å²) in [5, 5.41) is 11.8. The number of nitrogens with one attached hydrogen (secondary N) is 1. The maximum atomic E-state index is 12.1. The largest absolute Gasteiger partial charge is 0.480 e. The van der Waals surface area contributed by atoms with Gasteiger partial charge >= 0.3 is 12.0 Å². The van der Waals surface area contributed by atoms with Crippen LogP contribution in [0.25, 0.3) is 0 Å². The number of unbranched alkanes of at least 4 members (excludes halogenated alkanes) is 1. The number of amides is 2. The van der Waals surface area contributed by atoms with E-state index in [9.17, 15) is 9.59 Å². The third-order valence-electron chi connectivity index (χ3n) is 3.87. The monoisotopic (exact) mass is 284 g/mol. The summed E-state index contributed by atoms with van der Waals surface area (Å²) in [6.07, 6.45) is 6.72. The molecule has 0 aliphatic heterocycles. The molecular formula is C15H28N2O3. The molecule has 0 heterocycles. The van der Waals surface area contributed by atoms with Gasteiger partial charge in [-0.05, 0) is 31.1 Å². The van der Waals surface area contributed by atoms with Gasteiger partial charge in [-0.2, -0.15) is 0 Å². The first-order chi connectivity index (χ1) is 9.56. The fraction of sp³-hybridized carbons (Fsp3) is 0.867. The van der Waals surface area contributed by atoms with Gasteiger partial charge in [-0.15, -0.1) is 0 Å². The third kappa shape index (κ3) is 6.78. The predicted molar refractivity (Wildman–Crippen MR) is 78.6 cm³/mol. The van der Waals surface area contributed by atoms with E-state index in [4.69, 9.17) is 5.11 Å². The normalized spacial score (nSPS) is 15.7. The number of urea groups is 1. The lowest BCUT2D eigenvalue weighted by molar-refractivity contribution is -0.137. The van der Waals surface area contributed by atoms with Gasteiger partial charge in [0.05, 0.1) is 0 Å². The Morgan fingerprint density at radius 2 is 2.05 bits per heavy atom. The van der Waals surface area contributed by atoms with Crippen LogP contribution >= 0.6 is 0 Å². The molecule has 1 atom stereocenters. The summed E-state index contributed by atoms with van der Waals surface area (Å²) in [6.45, 7) is 5.31. The summed E-state index contributed by atoms with van der Waals surface area (Å²) in [5.74, 6) is 0.0486. The van der Waals surface area contributed by atoms with Gasteiger partial charge in [0.25, 0.3) is 0 Å². The third-order valence-corrected chi connectivity index (χ3v) is 3.87. The minimum absolute atomic E-state index is 0.200. The highest BCUT2D eigenvalue weighted by molar-refractivity contribution is 5.80. The molecule has 2 amide bonds. The summed E-state index contributed by atoms with van der Waals surface area (Å²) in [4.78, 5) is 24.4. The van der Waals surface area contributed by atoms with Crippen molar-refractivity contribution < 1.29 is 14.7 Å². The van der Waals surface area contributed by atoms with Gasteiger partial charge in [0.1, 0.15) is 6.54 Å². The van der Waals surface area contributed by atoms with Crippen molar-refractivity contribution in [2.75, 3.05) is 19.6 Å². The van der Waals surface area contributed by atoms with Gasteiger partial charge in [-0.25, -0.2) is 4.79 Å². The van der Waals surface area contributed by atoms with E-state index in [0.29, 0.717) is 24.9 Å². The van der Waals surface area contributed by atoms with Crippen molar-refractivity contribution in [3.8, 4) is 0 Å². The molecule has 0 aromatic rings. The summed E-state index contributed by atoms with van der Waals surface area (Å²) < 4.78 is 0. The number of hydrogen-bond donors (Lipinski definition) is 2. The molecule has 1 unspecified atom stereocenters. The Balaban J connectivity index is 2.36. The molecule has 2 N–H and O–H groups in total. The Kier molecular flexibility index (Phi) is 7.41. The molecule has 1 aliphatic rings. The molecule has 116 valence electrons. The standard InChI is InChI=1S/C15H28N2O3/c1-3-5-6-12(4-2)9-16-15(20)17(11-14(18)19)10-13-7-8-13/h12-13H,3-11H2,1-2H3,(H,16,20)(H,18,19). The first-order valence-corrected chi connectivity index (χ1v) is 7.81. The van der Waals surface area contributed by atoms with Crippen molar-refractivity contribution in [3.05, 3.63) is 0 Å². The number of rotatable bonds is 10. The second-order valence-electron chi connectivity index (χ2n) is 5.82. The summed E-state index contributed by atoms with van der Waals surface area (Å²) in [5.41, 5.74) is 0. The minimum atomic E-state index is -0.946. The van der Waals surface area contributed by atoms with Gasteiger partial charge in [0.15, 0.2) is 0 Å². The van der Waals surface area contributed by atoms with E-state index in [0.717, 1.165) is 32.1 Å². The maximum Gasteiger partial charge on any atom is 0.323 e. The Labute approximate surface area is 121 Å². The van der Waals surface area contributed by atoms with Crippen LogP contribution in [0.1, 0.15) is 52.4 Å². The lowest BCUT2D eigenvalue weighted by Gasteiger charge is -2.23. The van der Waals surface area contributed by atoms with Crippen LogP contribution in [0.2, 0.25) is 0 Å². The van der Waals surface area contributed by atoms with Crippen molar-refractivity contribution in [1.82, 2.24) is 10.2 Å². The zero-order chi connectivity index (χ0) is 15.0. The van der Waals surface area contributed by atoms with Crippen LogP contribution in [-0.2, 0) is 4.79 Å². The van der Waals surface area contributed by atoms with E-state index in [2.05, 4.69) is 19.2 Å². The average molecular weight is 284 g/mol. The number of carboxylic acid groups (broad SMARTS) is 1. The molecule has 1 rings (SSSR count). The minimum Gasteiger partial charge on any atom is -0.480 e. The fourth-order valence-electron chi connectivity index (χ4n) is 2.28. The van der Waals surface area contributed by atoms with Crippen molar-refractivity contribution in [3.63, 3.8) is 0 Å². The van der Waals surface area contributed by atoms with Gasteiger partial charge in [0, 0.05) is 13.1 Å². The molecule has 1 saturated carbocycles. The van der Waals surface area contributed by atoms with Gasteiger partial charge in [0.2, 0.25) is 0 Å². The molecule has 20 heavy (non-hydrogen) atoms. The summed E-state index contributed by atoms with van der Waals surface area (Å²) in [6, 6.07) is -0.228. The van der Waals surface area contributed by atoms with E-state index in [1.54, 1.807) is 0 Å². The molecule has 0 aromatic carbocycles. The predicted octanol–water partition coefficient (Wildman–Crippen LogP) is 2.71. The summed E-state index contributed by atoms with van der Waals surface area (Å²) in [7, 11) is 0. The average Bonchev–Trinajstić information content (AvgIpc) is 3.21. The number of nitrogens with zero attached hydrogens (tertiary/aromatic N) is 1. The van der Waals surface area contributed by atoms with E-state index >= 15 is 0 Å². The zero-order valence-electron chi connectivity index (χ0n) is 12.7. The quantitative estimate of drug-likeness (QED) is 0.648. The molecule has 1 fully saturated rings. The number of hydrogen-bond acceptors (Lipinski definition) is 2. The van der Waals surface area contributed by atoms with Gasteiger partial charge in [-0.1, -0.05) is 33.1 Å². The number of carbonyl (C=O) groups is 2. The van der Waals surface area contributed by atoms with E-state index < -0.39 is 5.97 Å². The van der Waals surface area contributed by atoms with Crippen LogP contribution in [0, 0.1) is 11.8 Å². The highest BCUT2D eigenvalue weighted by atomic mass is 16.4. The lowest BCUT2D eigenvalue weighted by Crippen LogP contribution is -2.45. The van der Waals surface area contributed by atoms with Gasteiger partial charge < -0.3 is 15.3 Å². The second kappa shape index (κ2) is 8.82. The molecule has 5 nitrogen and oxygen atoms in total. The topological polar surface area (TPSA) is 69.6 Å². The maximum absolute atomic E-state index is 12.1. The Hall–Kier alpha value is -1.26. The van der Waals surface area contributed by atoms with Crippen molar-refractivity contribution in [2.24, 2.45) is 11.8 Å².